The van der Waals surface area contributed by atoms with E-state index >= 15 is 0 Å². The molecule has 0 radical (unpaired) electrons. The topological polar surface area (TPSA) is 29.1 Å². The Hall–Kier alpha value is -1.64. The number of amides is 1. The van der Waals surface area contributed by atoms with Crippen LogP contribution in [0.1, 0.15) is 0 Å². The van der Waals surface area contributed by atoms with E-state index in [4.69, 9.17) is 0 Å². The van der Waals surface area contributed by atoms with E-state index in [1.165, 1.54) is 12.2 Å². The molecule has 1 heterocycles. The highest BCUT2D eigenvalue weighted by Gasteiger charge is 2.41. The van der Waals surface area contributed by atoms with Gasteiger partial charge in [0.05, 0.1) is 5.92 Å². The maximum absolute atomic E-state index is 13.1. The summed E-state index contributed by atoms with van der Waals surface area (Å²) in [6.07, 6.45) is 8.44. The third kappa shape index (κ3) is 0.867. The Labute approximate surface area is 80.5 Å². The summed E-state index contributed by atoms with van der Waals surface area (Å²) in [6.45, 7) is 0. The summed E-state index contributed by atoms with van der Waals surface area (Å²) >= 11 is 0. The van der Waals surface area contributed by atoms with E-state index in [2.05, 4.69) is 5.32 Å². The number of carbonyl (C=O) groups is 1. The van der Waals surface area contributed by atoms with Crippen molar-refractivity contribution in [3.8, 4) is 0 Å². The molecule has 2 unspecified atom stereocenters. The normalized spacial score (nSPS) is 32.9. The highest BCUT2D eigenvalue weighted by molar-refractivity contribution is 5.88. The maximum atomic E-state index is 13.1. The number of carbonyl (C=O) groups excluding carboxylic acids is 1. The van der Waals surface area contributed by atoms with Crippen LogP contribution in [0.15, 0.2) is 47.5 Å². The molecular formula is C11H8FNO. The second-order valence-corrected chi connectivity index (χ2v) is 3.67. The molecule has 1 fully saturated rings. The molecule has 1 saturated heterocycles. The van der Waals surface area contributed by atoms with Crippen molar-refractivity contribution in [2.45, 2.75) is 0 Å². The van der Waals surface area contributed by atoms with Crippen LogP contribution in [0.3, 0.4) is 0 Å². The average Bonchev–Trinajstić information content (AvgIpc) is 2.45. The van der Waals surface area contributed by atoms with Gasteiger partial charge in [0.25, 0.3) is 0 Å². The van der Waals surface area contributed by atoms with Crippen LogP contribution in [0.2, 0.25) is 0 Å². The number of halogens is 1. The van der Waals surface area contributed by atoms with E-state index in [1.54, 1.807) is 0 Å². The molecule has 0 aromatic heterocycles. The van der Waals surface area contributed by atoms with Crippen molar-refractivity contribution in [1.29, 1.82) is 0 Å². The Morgan fingerprint density at radius 3 is 3.14 bits per heavy atom. The lowest BCUT2D eigenvalue weighted by atomic mass is 9.80. The molecule has 0 saturated carbocycles. The first kappa shape index (κ1) is 7.74. The number of rotatable bonds is 0. The van der Waals surface area contributed by atoms with Gasteiger partial charge in [-0.25, -0.2) is 4.39 Å². The minimum absolute atomic E-state index is 0.0204. The highest BCUT2D eigenvalue weighted by Crippen LogP contribution is 2.40. The zero-order valence-electron chi connectivity index (χ0n) is 7.33. The van der Waals surface area contributed by atoms with Crippen molar-refractivity contribution in [1.82, 2.24) is 5.32 Å². The largest absolute Gasteiger partial charge is 0.329 e. The van der Waals surface area contributed by atoms with Crippen LogP contribution in [-0.2, 0) is 4.79 Å². The van der Waals surface area contributed by atoms with Crippen molar-refractivity contribution >= 4 is 5.91 Å². The third-order valence-corrected chi connectivity index (χ3v) is 2.83. The van der Waals surface area contributed by atoms with Gasteiger partial charge < -0.3 is 5.32 Å². The van der Waals surface area contributed by atoms with Crippen LogP contribution < -0.4 is 5.32 Å². The van der Waals surface area contributed by atoms with Gasteiger partial charge in [0.1, 0.15) is 5.83 Å². The molecule has 3 aliphatic rings. The standard InChI is InChI=1S/C11H8FNO/c12-7-4-6-2-1-3-9-10(6)8(5-7)11(14)13-9/h1-5,8,10H,(H,13,14). The molecule has 0 aromatic rings. The van der Waals surface area contributed by atoms with Crippen molar-refractivity contribution in [3.05, 3.63) is 47.5 Å². The van der Waals surface area contributed by atoms with E-state index in [0.717, 1.165) is 11.3 Å². The average molecular weight is 189 g/mol. The predicted octanol–water partition coefficient (Wildman–Crippen LogP) is 1.60. The number of nitrogens with one attached hydrogen (secondary N) is 1. The molecule has 3 rings (SSSR count). The summed E-state index contributed by atoms with van der Waals surface area (Å²) < 4.78 is 13.1. The summed E-state index contributed by atoms with van der Waals surface area (Å²) in [4.78, 5) is 11.5. The zero-order valence-corrected chi connectivity index (χ0v) is 7.33. The van der Waals surface area contributed by atoms with E-state index in [1.807, 2.05) is 18.2 Å². The minimum Gasteiger partial charge on any atom is -0.329 e. The van der Waals surface area contributed by atoms with Gasteiger partial charge >= 0.3 is 0 Å². The van der Waals surface area contributed by atoms with Gasteiger partial charge in [-0.1, -0.05) is 12.2 Å². The quantitative estimate of drug-likeness (QED) is 0.616. The fraction of sp³-hybridized carbons (Fsp3) is 0.182. The van der Waals surface area contributed by atoms with Crippen LogP contribution in [0.4, 0.5) is 4.39 Å². The van der Waals surface area contributed by atoms with Crippen LogP contribution in [0.25, 0.3) is 0 Å². The van der Waals surface area contributed by atoms with Crippen molar-refractivity contribution in [3.63, 3.8) is 0 Å². The molecule has 3 heteroatoms. The molecule has 0 spiro atoms. The first-order valence-electron chi connectivity index (χ1n) is 4.54. The molecule has 1 aliphatic heterocycles. The number of hydrogen-bond acceptors (Lipinski definition) is 1. The lowest BCUT2D eigenvalue weighted by molar-refractivity contribution is -0.121. The smallest absolute Gasteiger partial charge is 0.232 e. The fourth-order valence-corrected chi connectivity index (χ4v) is 2.24. The van der Waals surface area contributed by atoms with E-state index in [-0.39, 0.29) is 23.6 Å². The van der Waals surface area contributed by atoms with Crippen molar-refractivity contribution in [2.75, 3.05) is 0 Å². The van der Waals surface area contributed by atoms with Crippen molar-refractivity contribution < 1.29 is 9.18 Å². The Morgan fingerprint density at radius 1 is 1.43 bits per heavy atom. The molecule has 2 nitrogen and oxygen atoms in total. The molecule has 1 amide bonds. The van der Waals surface area contributed by atoms with Gasteiger partial charge in [-0.3, -0.25) is 4.79 Å². The van der Waals surface area contributed by atoms with E-state index < -0.39 is 0 Å². The number of allylic oxidation sites excluding steroid dienone is 6. The van der Waals surface area contributed by atoms with Gasteiger partial charge in [-0.2, -0.15) is 0 Å². The Morgan fingerprint density at radius 2 is 2.29 bits per heavy atom. The van der Waals surface area contributed by atoms with Gasteiger partial charge in [-0.05, 0) is 23.8 Å². The fourth-order valence-electron chi connectivity index (χ4n) is 2.24. The summed E-state index contributed by atoms with van der Waals surface area (Å²) in [6, 6.07) is 0. The van der Waals surface area contributed by atoms with Crippen molar-refractivity contribution in [2.24, 2.45) is 11.8 Å². The maximum Gasteiger partial charge on any atom is 0.232 e. The van der Waals surface area contributed by atoms with Gasteiger partial charge in [0.15, 0.2) is 0 Å². The monoisotopic (exact) mass is 189 g/mol. The lowest BCUT2D eigenvalue weighted by Crippen LogP contribution is -2.19. The minimum atomic E-state index is -0.355. The molecule has 2 atom stereocenters. The molecule has 0 aromatic carbocycles. The SMILES string of the molecule is O=C1NC2=CC=CC3=CC(F)=CC1C32. The second-order valence-electron chi connectivity index (χ2n) is 3.67. The lowest BCUT2D eigenvalue weighted by Gasteiger charge is -2.22. The zero-order chi connectivity index (χ0) is 9.71. The van der Waals surface area contributed by atoms with Gasteiger partial charge in [-0.15, -0.1) is 0 Å². The first-order valence-corrected chi connectivity index (χ1v) is 4.54. The molecule has 70 valence electrons. The van der Waals surface area contributed by atoms with Crippen LogP contribution >= 0.6 is 0 Å². The Balaban J connectivity index is 2.18. The summed E-state index contributed by atoms with van der Waals surface area (Å²) in [5, 5.41) is 2.77. The highest BCUT2D eigenvalue weighted by atomic mass is 19.1. The second kappa shape index (κ2) is 2.44. The van der Waals surface area contributed by atoms with Gasteiger partial charge in [0.2, 0.25) is 5.91 Å². The molecule has 0 bridgehead atoms. The number of hydrogen-bond donors (Lipinski definition) is 1. The third-order valence-electron chi connectivity index (χ3n) is 2.83. The van der Waals surface area contributed by atoms with Gasteiger partial charge in [0, 0.05) is 11.6 Å². The first-order chi connectivity index (χ1) is 6.75. The molecule has 14 heavy (non-hydrogen) atoms. The summed E-state index contributed by atoms with van der Waals surface area (Å²) in [7, 11) is 0. The van der Waals surface area contributed by atoms with Crippen LogP contribution in [0, 0.1) is 11.8 Å². The van der Waals surface area contributed by atoms with E-state index in [0.29, 0.717) is 0 Å². The molecular weight excluding hydrogens is 181 g/mol. The Kier molecular flexibility index (Phi) is 1.35. The Bertz CT molecular complexity index is 442. The summed E-state index contributed by atoms with van der Waals surface area (Å²) in [5.41, 5.74) is 1.77. The van der Waals surface area contributed by atoms with E-state index in [9.17, 15) is 9.18 Å². The predicted molar refractivity (Wildman–Crippen MR) is 49.6 cm³/mol. The molecule has 1 N–H and O–H groups in total. The van der Waals surface area contributed by atoms with Crippen LogP contribution in [-0.4, -0.2) is 5.91 Å². The van der Waals surface area contributed by atoms with Crippen LogP contribution in [0.5, 0.6) is 0 Å². The summed E-state index contributed by atoms with van der Waals surface area (Å²) in [5.74, 6) is -0.756. The molecule has 2 aliphatic carbocycles.